The zero-order chi connectivity index (χ0) is 12.8. The summed E-state index contributed by atoms with van der Waals surface area (Å²) in [6, 6.07) is 8.78. The van der Waals surface area contributed by atoms with E-state index in [0.717, 1.165) is 18.7 Å². The Balaban J connectivity index is 2.63. The lowest BCUT2D eigenvalue weighted by Gasteiger charge is -2.29. The van der Waals surface area contributed by atoms with Crippen molar-refractivity contribution in [2.24, 2.45) is 5.73 Å². The fourth-order valence-electron chi connectivity index (χ4n) is 1.87. The molecule has 0 saturated heterocycles. The number of methoxy groups -OCH3 is 1. The van der Waals surface area contributed by atoms with Gasteiger partial charge in [0.15, 0.2) is 0 Å². The number of nitrogens with zero attached hydrogens (tertiary/aromatic N) is 1. The van der Waals surface area contributed by atoms with E-state index in [1.807, 2.05) is 12.1 Å². The summed E-state index contributed by atoms with van der Waals surface area (Å²) in [6.45, 7) is 5.20. The van der Waals surface area contributed by atoms with Crippen LogP contribution in [0.4, 0.5) is 0 Å². The highest BCUT2D eigenvalue weighted by atomic mass is 16.5. The first-order valence-electron chi connectivity index (χ1n) is 6.17. The molecule has 96 valence electrons. The second-order valence-corrected chi connectivity index (χ2v) is 4.58. The van der Waals surface area contributed by atoms with Crippen LogP contribution in [-0.4, -0.2) is 31.1 Å². The maximum atomic E-state index is 6.06. The minimum absolute atomic E-state index is 0.227. The first-order valence-corrected chi connectivity index (χ1v) is 6.17. The second kappa shape index (κ2) is 6.62. The Kier molecular flexibility index (Phi) is 5.45. The van der Waals surface area contributed by atoms with Crippen LogP contribution in [0.25, 0.3) is 0 Å². The van der Waals surface area contributed by atoms with Crippen molar-refractivity contribution in [3.63, 3.8) is 0 Å². The van der Waals surface area contributed by atoms with E-state index < -0.39 is 0 Å². The van der Waals surface area contributed by atoms with Crippen molar-refractivity contribution in [3.05, 3.63) is 29.8 Å². The minimum Gasteiger partial charge on any atom is -0.497 e. The predicted molar refractivity (Wildman–Crippen MR) is 72.2 cm³/mol. The molecule has 0 bridgehead atoms. The molecule has 1 aromatic rings. The molecule has 2 N–H and O–H groups in total. The van der Waals surface area contributed by atoms with Crippen molar-refractivity contribution >= 4 is 0 Å². The summed E-state index contributed by atoms with van der Waals surface area (Å²) in [5.74, 6) is 0.906. The monoisotopic (exact) mass is 236 g/mol. The Morgan fingerprint density at radius 3 is 2.71 bits per heavy atom. The van der Waals surface area contributed by atoms with E-state index in [0.29, 0.717) is 6.04 Å². The molecule has 0 aliphatic carbocycles. The number of hydrogen-bond acceptors (Lipinski definition) is 3. The molecule has 2 unspecified atom stereocenters. The highest BCUT2D eigenvalue weighted by Crippen LogP contribution is 2.15. The van der Waals surface area contributed by atoms with E-state index >= 15 is 0 Å². The molecule has 0 radical (unpaired) electrons. The van der Waals surface area contributed by atoms with Crippen molar-refractivity contribution in [1.29, 1.82) is 0 Å². The van der Waals surface area contributed by atoms with Crippen LogP contribution in [0.1, 0.15) is 25.8 Å². The Morgan fingerprint density at radius 2 is 2.12 bits per heavy atom. The summed E-state index contributed by atoms with van der Waals surface area (Å²) >= 11 is 0. The number of ether oxygens (including phenoxy) is 1. The van der Waals surface area contributed by atoms with Crippen molar-refractivity contribution in [2.75, 3.05) is 14.2 Å². The van der Waals surface area contributed by atoms with Crippen molar-refractivity contribution in [3.8, 4) is 5.75 Å². The first kappa shape index (κ1) is 14.0. The first-order chi connectivity index (χ1) is 8.08. The highest BCUT2D eigenvalue weighted by molar-refractivity contribution is 5.28. The Hall–Kier alpha value is -1.06. The van der Waals surface area contributed by atoms with Gasteiger partial charge in [-0.2, -0.15) is 0 Å². The highest BCUT2D eigenvalue weighted by Gasteiger charge is 2.15. The topological polar surface area (TPSA) is 38.5 Å². The Bertz CT molecular complexity index is 341. The molecule has 0 aliphatic rings. The van der Waals surface area contributed by atoms with Gasteiger partial charge in [-0.15, -0.1) is 0 Å². The molecule has 2 atom stereocenters. The molecular formula is C14H24N2O. The van der Waals surface area contributed by atoms with Gasteiger partial charge in [-0.1, -0.05) is 19.1 Å². The van der Waals surface area contributed by atoms with Crippen molar-refractivity contribution in [2.45, 2.75) is 38.9 Å². The number of rotatable bonds is 6. The van der Waals surface area contributed by atoms with Gasteiger partial charge < -0.3 is 10.5 Å². The van der Waals surface area contributed by atoms with E-state index in [-0.39, 0.29) is 6.04 Å². The summed E-state index contributed by atoms with van der Waals surface area (Å²) in [7, 11) is 3.80. The molecule has 1 rings (SSSR count). The van der Waals surface area contributed by atoms with Crippen LogP contribution in [-0.2, 0) is 6.54 Å². The van der Waals surface area contributed by atoms with Gasteiger partial charge in [0.25, 0.3) is 0 Å². The fraction of sp³-hybridized carbons (Fsp3) is 0.571. The van der Waals surface area contributed by atoms with Crippen LogP contribution >= 0.6 is 0 Å². The number of benzene rings is 1. The van der Waals surface area contributed by atoms with Crippen LogP contribution in [0.3, 0.4) is 0 Å². The summed E-state index contributed by atoms with van der Waals surface area (Å²) < 4.78 is 5.22. The van der Waals surface area contributed by atoms with E-state index in [1.165, 1.54) is 5.56 Å². The molecule has 0 amide bonds. The van der Waals surface area contributed by atoms with E-state index in [2.05, 4.69) is 37.9 Å². The van der Waals surface area contributed by atoms with Gasteiger partial charge in [0, 0.05) is 18.6 Å². The molecule has 0 heterocycles. The average Bonchev–Trinajstić information content (AvgIpc) is 2.37. The number of hydrogen-bond donors (Lipinski definition) is 1. The molecule has 0 aromatic heterocycles. The Labute approximate surface area is 105 Å². The maximum Gasteiger partial charge on any atom is 0.119 e. The molecule has 0 saturated carbocycles. The average molecular weight is 236 g/mol. The van der Waals surface area contributed by atoms with Crippen molar-refractivity contribution in [1.82, 2.24) is 4.90 Å². The lowest BCUT2D eigenvalue weighted by molar-refractivity contribution is 0.215. The largest absolute Gasteiger partial charge is 0.497 e. The third kappa shape index (κ3) is 4.02. The molecular weight excluding hydrogens is 212 g/mol. The van der Waals surface area contributed by atoms with Crippen LogP contribution in [0.15, 0.2) is 24.3 Å². The molecule has 0 aliphatic heterocycles. The van der Waals surface area contributed by atoms with E-state index in [9.17, 15) is 0 Å². The molecule has 0 spiro atoms. The Morgan fingerprint density at radius 1 is 1.41 bits per heavy atom. The van der Waals surface area contributed by atoms with Crippen molar-refractivity contribution < 1.29 is 4.74 Å². The van der Waals surface area contributed by atoms with Gasteiger partial charge in [-0.05, 0) is 38.1 Å². The standard InChI is InChI=1S/C14H24N2O/c1-5-14(15)11(2)16(3)10-12-7-6-8-13(9-12)17-4/h6-9,11,14H,5,10,15H2,1-4H3. The molecule has 3 heteroatoms. The second-order valence-electron chi connectivity index (χ2n) is 4.58. The summed E-state index contributed by atoms with van der Waals surface area (Å²) in [4.78, 5) is 2.28. The van der Waals surface area contributed by atoms with E-state index in [4.69, 9.17) is 10.5 Å². The third-order valence-corrected chi connectivity index (χ3v) is 3.35. The maximum absolute atomic E-state index is 6.06. The molecule has 3 nitrogen and oxygen atoms in total. The van der Waals surface area contributed by atoms with E-state index in [1.54, 1.807) is 7.11 Å². The smallest absolute Gasteiger partial charge is 0.119 e. The number of likely N-dealkylation sites (N-methyl/N-ethyl adjacent to an activating group) is 1. The lowest BCUT2D eigenvalue weighted by atomic mass is 10.1. The zero-order valence-electron chi connectivity index (χ0n) is 11.3. The van der Waals surface area contributed by atoms with Gasteiger partial charge >= 0.3 is 0 Å². The normalized spacial score (nSPS) is 14.7. The van der Waals surface area contributed by atoms with Gasteiger partial charge in [0.1, 0.15) is 5.75 Å². The molecule has 0 fully saturated rings. The SMILES string of the molecule is CCC(N)C(C)N(C)Cc1cccc(OC)c1. The predicted octanol–water partition coefficient (Wildman–Crippen LogP) is 2.25. The quantitative estimate of drug-likeness (QED) is 0.823. The van der Waals surface area contributed by atoms with Crippen LogP contribution < -0.4 is 10.5 Å². The van der Waals surface area contributed by atoms with Gasteiger partial charge in [-0.3, -0.25) is 4.90 Å². The molecule has 17 heavy (non-hydrogen) atoms. The van der Waals surface area contributed by atoms with Crippen LogP contribution in [0.5, 0.6) is 5.75 Å². The molecule has 1 aromatic carbocycles. The zero-order valence-corrected chi connectivity index (χ0v) is 11.3. The fourth-order valence-corrected chi connectivity index (χ4v) is 1.87. The van der Waals surface area contributed by atoms with Gasteiger partial charge in [-0.25, -0.2) is 0 Å². The van der Waals surface area contributed by atoms with Crippen LogP contribution in [0, 0.1) is 0 Å². The minimum atomic E-state index is 0.227. The third-order valence-electron chi connectivity index (χ3n) is 3.35. The number of nitrogens with two attached hydrogens (primary N) is 1. The van der Waals surface area contributed by atoms with Gasteiger partial charge in [0.05, 0.1) is 7.11 Å². The van der Waals surface area contributed by atoms with Crippen LogP contribution in [0.2, 0.25) is 0 Å². The summed E-state index contributed by atoms with van der Waals surface area (Å²) in [6.07, 6.45) is 1.00. The lowest BCUT2D eigenvalue weighted by Crippen LogP contribution is -2.43. The summed E-state index contributed by atoms with van der Waals surface area (Å²) in [5.41, 5.74) is 7.31. The van der Waals surface area contributed by atoms with Gasteiger partial charge in [0.2, 0.25) is 0 Å². The summed E-state index contributed by atoms with van der Waals surface area (Å²) in [5, 5.41) is 0.